The van der Waals surface area contributed by atoms with Crippen LogP contribution in [0.1, 0.15) is 11.6 Å². The lowest BCUT2D eigenvalue weighted by molar-refractivity contribution is -0.145. The average Bonchev–Trinajstić information content (AvgIpc) is 3.02. The van der Waals surface area contributed by atoms with Gasteiger partial charge in [0.25, 0.3) is 5.56 Å². The molecule has 0 amide bonds. The van der Waals surface area contributed by atoms with Crippen LogP contribution in [0, 0.1) is 5.92 Å². The van der Waals surface area contributed by atoms with Gasteiger partial charge in [-0.2, -0.15) is 5.10 Å². The van der Waals surface area contributed by atoms with Gasteiger partial charge in [-0.15, -0.1) is 0 Å². The van der Waals surface area contributed by atoms with Crippen molar-refractivity contribution in [1.82, 2.24) is 14.8 Å². The Labute approximate surface area is 143 Å². The van der Waals surface area contributed by atoms with Gasteiger partial charge in [0.1, 0.15) is 5.82 Å². The fraction of sp³-hybridized carbons (Fsp3) is 0.375. The molecule has 0 unspecified atom stereocenters. The molecule has 1 aliphatic rings. The second kappa shape index (κ2) is 6.60. The zero-order valence-electron chi connectivity index (χ0n) is 13.3. The molecule has 0 radical (unpaired) electrons. The van der Waals surface area contributed by atoms with E-state index < -0.39 is 0 Å². The van der Waals surface area contributed by atoms with E-state index in [-0.39, 0.29) is 23.4 Å². The summed E-state index contributed by atoms with van der Waals surface area (Å²) in [5, 5.41) is 4.80. The largest absolute Gasteiger partial charge is 0.469 e. The van der Waals surface area contributed by atoms with E-state index in [0.29, 0.717) is 23.9 Å². The van der Waals surface area contributed by atoms with Crippen molar-refractivity contribution in [2.24, 2.45) is 13.0 Å². The van der Waals surface area contributed by atoms with Gasteiger partial charge < -0.3 is 9.64 Å². The van der Waals surface area contributed by atoms with E-state index in [2.05, 4.69) is 10.1 Å². The first-order valence-electron chi connectivity index (χ1n) is 7.48. The van der Waals surface area contributed by atoms with E-state index in [0.717, 1.165) is 5.69 Å². The molecule has 0 saturated carbocycles. The van der Waals surface area contributed by atoms with Crippen LogP contribution in [-0.4, -0.2) is 40.9 Å². The Morgan fingerprint density at radius 3 is 2.71 bits per heavy atom. The molecular formula is C16H17ClN4O3. The number of hydrogen-bond donors (Lipinski definition) is 0. The number of carbonyl (C=O) groups is 1. The molecule has 126 valence electrons. The van der Waals surface area contributed by atoms with E-state index in [9.17, 15) is 9.59 Å². The first-order valence-corrected chi connectivity index (χ1v) is 7.86. The van der Waals surface area contributed by atoms with Gasteiger partial charge in [-0.3, -0.25) is 14.6 Å². The minimum atomic E-state index is -0.359. The van der Waals surface area contributed by atoms with E-state index in [4.69, 9.17) is 16.3 Å². The van der Waals surface area contributed by atoms with Crippen LogP contribution in [0.4, 0.5) is 5.82 Å². The summed E-state index contributed by atoms with van der Waals surface area (Å²) in [6.07, 6.45) is 1.57. The van der Waals surface area contributed by atoms with Gasteiger partial charge in [-0.25, -0.2) is 4.68 Å². The van der Waals surface area contributed by atoms with Crippen molar-refractivity contribution in [2.45, 2.75) is 5.92 Å². The number of methoxy groups -OCH3 is 1. The fourth-order valence-electron chi connectivity index (χ4n) is 2.95. The summed E-state index contributed by atoms with van der Waals surface area (Å²) >= 11 is 5.89. The number of aryl methyl sites for hydroxylation is 1. The maximum Gasteiger partial charge on any atom is 0.311 e. The molecule has 2 aromatic heterocycles. The fourth-order valence-corrected chi connectivity index (χ4v) is 3.06. The molecule has 24 heavy (non-hydrogen) atoms. The Bertz CT molecular complexity index is 806. The molecule has 0 bridgehead atoms. The third kappa shape index (κ3) is 3.12. The van der Waals surface area contributed by atoms with E-state index in [1.54, 1.807) is 25.4 Å². The van der Waals surface area contributed by atoms with Gasteiger partial charge in [0, 0.05) is 44.0 Å². The number of nitrogens with zero attached hydrogens (tertiary/aromatic N) is 4. The number of carbonyl (C=O) groups excluding carboxylic acids is 1. The summed E-state index contributed by atoms with van der Waals surface area (Å²) in [7, 11) is 2.97. The monoisotopic (exact) mass is 348 g/mol. The topological polar surface area (TPSA) is 77.3 Å². The maximum atomic E-state index is 12.2. The van der Waals surface area contributed by atoms with Crippen LogP contribution in [0.15, 0.2) is 35.3 Å². The smallest absolute Gasteiger partial charge is 0.311 e. The highest BCUT2D eigenvalue weighted by Gasteiger charge is 2.40. The predicted molar refractivity (Wildman–Crippen MR) is 89.2 cm³/mol. The molecule has 3 rings (SSSR count). The highest BCUT2D eigenvalue weighted by molar-refractivity contribution is 6.30. The lowest BCUT2D eigenvalue weighted by Gasteiger charge is -2.17. The zero-order chi connectivity index (χ0) is 17.3. The second-order valence-corrected chi connectivity index (χ2v) is 6.13. The standard InChI is InChI=1S/C16H17ClN4O3/c1-20-15(22)6-5-14(19-20)21-8-11(12(9-21)16(23)24-2)13-4-3-10(17)7-18-13/h3-7,11-12H,8-9H2,1-2H3/t11-,12-/m1/s1. The third-order valence-corrected chi connectivity index (χ3v) is 4.45. The second-order valence-electron chi connectivity index (χ2n) is 5.70. The van der Waals surface area contributed by atoms with Gasteiger partial charge in [0.05, 0.1) is 18.1 Å². The minimum Gasteiger partial charge on any atom is -0.469 e. The Morgan fingerprint density at radius 2 is 2.08 bits per heavy atom. The molecule has 2 aromatic rings. The number of esters is 1. The van der Waals surface area contributed by atoms with Crippen molar-refractivity contribution >= 4 is 23.4 Å². The summed E-state index contributed by atoms with van der Waals surface area (Å²) < 4.78 is 6.22. The van der Waals surface area contributed by atoms with Crippen molar-refractivity contribution in [2.75, 3.05) is 25.1 Å². The quantitative estimate of drug-likeness (QED) is 0.776. The number of hydrogen-bond acceptors (Lipinski definition) is 6. The lowest BCUT2D eigenvalue weighted by atomic mass is 9.92. The first-order chi connectivity index (χ1) is 11.5. The summed E-state index contributed by atoms with van der Waals surface area (Å²) in [6.45, 7) is 1.01. The van der Waals surface area contributed by atoms with Crippen LogP contribution in [-0.2, 0) is 16.6 Å². The van der Waals surface area contributed by atoms with Crippen molar-refractivity contribution in [3.8, 4) is 0 Å². The summed E-state index contributed by atoms with van der Waals surface area (Å²) in [5.74, 6) is -0.136. The van der Waals surface area contributed by atoms with Crippen LogP contribution in [0.5, 0.6) is 0 Å². The Hall–Kier alpha value is -2.41. The summed E-state index contributed by atoms with van der Waals surface area (Å²) in [4.78, 5) is 30.0. The maximum absolute atomic E-state index is 12.2. The van der Waals surface area contributed by atoms with Crippen molar-refractivity contribution in [3.63, 3.8) is 0 Å². The number of halogens is 1. The molecule has 1 saturated heterocycles. The van der Waals surface area contributed by atoms with Crippen LogP contribution in [0.3, 0.4) is 0 Å². The number of rotatable bonds is 3. The lowest BCUT2D eigenvalue weighted by Crippen LogP contribution is -2.27. The molecule has 1 aliphatic heterocycles. The van der Waals surface area contributed by atoms with Gasteiger partial charge >= 0.3 is 5.97 Å². The molecule has 0 aromatic carbocycles. The first kappa shape index (κ1) is 16.4. The number of ether oxygens (including phenoxy) is 1. The number of anilines is 1. The van der Waals surface area contributed by atoms with Crippen LogP contribution in [0.2, 0.25) is 5.02 Å². The Balaban J connectivity index is 1.92. The van der Waals surface area contributed by atoms with Gasteiger partial charge in [-0.1, -0.05) is 11.6 Å². The highest BCUT2D eigenvalue weighted by atomic mass is 35.5. The van der Waals surface area contributed by atoms with Gasteiger partial charge in [-0.05, 0) is 18.2 Å². The number of aromatic nitrogens is 3. The molecule has 0 aliphatic carbocycles. The predicted octanol–water partition coefficient (Wildman–Crippen LogP) is 1.22. The van der Waals surface area contributed by atoms with E-state index in [1.807, 2.05) is 11.0 Å². The summed E-state index contributed by atoms with van der Waals surface area (Å²) in [6, 6.07) is 6.70. The Morgan fingerprint density at radius 1 is 1.29 bits per heavy atom. The molecular weight excluding hydrogens is 332 g/mol. The molecule has 8 heteroatoms. The third-order valence-electron chi connectivity index (χ3n) is 4.22. The highest BCUT2D eigenvalue weighted by Crippen LogP contribution is 2.34. The molecule has 7 nitrogen and oxygen atoms in total. The van der Waals surface area contributed by atoms with Crippen molar-refractivity contribution in [1.29, 1.82) is 0 Å². The van der Waals surface area contributed by atoms with Gasteiger partial charge in [0.2, 0.25) is 0 Å². The molecule has 1 fully saturated rings. The molecule has 2 atom stereocenters. The van der Waals surface area contributed by atoms with Crippen molar-refractivity contribution < 1.29 is 9.53 Å². The van der Waals surface area contributed by atoms with E-state index >= 15 is 0 Å². The van der Waals surface area contributed by atoms with E-state index in [1.165, 1.54) is 17.9 Å². The van der Waals surface area contributed by atoms with Crippen LogP contribution >= 0.6 is 11.6 Å². The molecule has 0 N–H and O–H groups in total. The minimum absolute atomic E-state index is 0.131. The molecule has 0 spiro atoms. The zero-order valence-corrected chi connectivity index (χ0v) is 14.1. The normalized spacial score (nSPS) is 20.2. The molecule has 3 heterocycles. The van der Waals surface area contributed by atoms with Crippen molar-refractivity contribution in [3.05, 3.63) is 51.5 Å². The van der Waals surface area contributed by atoms with Crippen LogP contribution in [0.25, 0.3) is 0 Å². The van der Waals surface area contributed by atoms with Crippen LogP contribution < -0.4 is 10.5 Å². The summed E-state index contributed by atoms with van der Waals surface area (Å²) in [5.41, 5.74) is 0.598. The Kier molecular flexibility index (Phi) is 4.53. The SMILES string of the molecule is COC(=O)[C@@H]1CN(c2ccc(=O)n(C)n2)C[C@H]1c1ccc(Cl)cn1. The average molecular weight is 349 g/mol. The number of pyridine rings is 1. The van der Waals surface area contributed by atoms with Gasteiger partial charge in [0.15, 0.2) is 0 Å².